The Hall–Kier alpha value is -2.18. The SMILES string of the molecule is COc1c(OCC(F)(F)F)ccc2c1C(C(=O)OCC13CCC(CC1)CC3)=CC2. The highest BCUT2D eigenvalue weighted by atomic mass is 19.4. The first-order valence-electron chi connectivity index (χ1n) is 10.1. The molecule has 0 saturated heterocycles. The highest BCUT2D eigenvalue weighted by molar-refractivity contribution is 6.19. The highest BCUT2D eigenvalue weighted by Crippen LogP contribution is 2.50. The predicted octanol–water partition coefficient (Wildman–Crippen LogP) is 5.09. The van der Waals surface area contributed by atoms with E-state index in [1.807, 2.05) is 0 Å². The molecule has 0 spiro atoms. The Balaban J connectivity index is 1.50. The minimum absolute atomic E-state index is 0.0339. The van der Waals surface area contributed by atoms with Crippen molar-refractivity contribution in [2.75, 3.05) is 20.3 Å². The number of ether oxygens (including phenoxy) is 3. The Bertz CT molecular complexity index is 806. The number of fused-ring (bicyclic) bond motifs is 4. The van der Waals surface area contributed by atoms with Crippen molar-refractivity contribution >= 4 is 11.5 Å². The zero-order valence-corrected chi connectivity index (χ0v) is 16.4. The van der Waals surface area contributed by atoms with Crippen molar-refractivity contribution in [2.45, 2.75) is 51.1 Å². The van der Waals surface area contributed by atoms with Gasteiger partial charge >= 0.3 is 12.1 Å². The maximum absolute atomic E-state index is 12.9. The lowest BCUT2D eigenvalue weighted by atomic mass is 9.61. The van der Waals surface area contributed by atoms with Gasteiger partial charge in [0.1, 0.15) is 0 Å². The fourth-order valence-electron chi connectivity index (χ4n) is 4.90. The summed E-state index contributed by atoms with van der Waals surface area (Å²) in [5.41, 5.74) is 1.72. The summed E-state index contributed by atoms with van der Waals surface area (Å²) in [6.45, 7) is -1.02. The molecule has 7 heteroatoms. The zero-order chi connectivity index (χ0) is 20.6. The summed E-state index contributed by atoms with van der Waals surface area (Å²) < 4.78 is 53.6. The van der Waals surface area contributed by atoms with Crippen molar-refractivity contribution in [2.24, 2.45) is 11.3 Å². The van der Waals surface area contributed by atoms with E-state index in [0.717, 1.165) is 30.7 Å². The maximum Gasteiger partial charge on any atom is 0.422 e. The number of methoxy groups -OCH3 is 1. The van der Waals surface area contributed by atoms with Crippen LogP contribution in [0.5, 0.6) is 11.5 Å². The van der Waals surface area contributed by atoms with Gasteiger partial charge in [-0.05, 0) is 62.5 Å². The first-order chi connectivity index (χ1) is 13.8. The van der Waals surface area contributed by atoms with Gasteiger partial charge in [-0.1, -0.05) is 12.1 Å². The third-order valence-electron chi connectivity index (χ3n) is 6.58. The molecule has 0 atom stereocenters. The molecule has 4 aliphatic carbocycles. The van der Waals surface area contributed by atoms with Crippen LogP contribution in [0.2, 0.25) is 0 Å². The lowest BCUT2D eigenvalue weighted by Gasteiger charge is -2.46. The standard InChI is InChI=1S/C22H25F3O4/c1-27-19-17(28-13-22(23,24)25)5-3-15-2-4-16(18(15)19)20(26)29-12-21-9-6-14(7-10-21)8-11-21/h3-5,14H,2,6-13H2,1H3. The van der Waals surface area contributed by atoms with Gasteiger partial charge in [0.15, 0.2) is 18.1 Å². The van der Waals surface area contributed by atoms with E-state index in [-0.39, 0.29) is 16.9 Å². The van der Waals surface area contributed by atoms with Crippen LogP contribution in [0, 0.1) is 11.3 Å². The van der Waals surface area contributed by atoms with E-state index in [1.165, 1.54) is 32.4 Å². The second-order valence-corrected chi connectivity index (χ2v) is 8.42. The van der Waals surface area contributed by atoms with Crippen LogP contribution >= 0.6 is 0 Å². The lowest BCUT2D eigenvalue weighted by molar-refractivity contribution is -0.153. The Kier molecular flexibility index (Phi) is 5.25. The van der Waals surface area contributed by atoms with Gasteiger partial charge in [-0.2, -0.15) is 13.2 Å². The second-order valence-electron chi connectivity index (χ2n) is 8.42. The molecule has 0 aliphatic heterocycles. The fraction of sp³-hybridized carbons (Fsp3) is 0.591. The van der Waals surface area contributed by atoms with E-state index in [4.69, 9.17) is 14.2 Å². The molecule has 1 aromatic rings. The highest BCUT2D eigenvalue weighted by Gasteiger charge is 2.41. The number of hydrogen-bond donors (Lipinski definition) is 0. The molecule has 29 heavy (non-hydrogen) atoms. The average molecular weight is 410 g/mol. The second kappa shape index (κ2) is 7.58. The minimum atomic E-state index is -4.46. The molecule has 4 aliphatic rings. The molecule has 0 radical (unpaired) electrons. The summed E-state index contributed by atoms with van der Waals surface area (Å²) in [5.74, 6) is 0.491. The largest absolute Gasteiger partial charge is 0.492 e. The predicted molar refractivity (Wildman–Crippen MR) is 101 cm³/mol. The molecule has 2 bridgehead atoms. The third-order valence-corrected chi connectivity index (χ3v) is 6.58. The molecule has 158 valence electrons. The first kappa shape index (κ1) is 20.1. The van der Waals surface area contributed by atoms with Crippen LogP contribution in [0.4, 0.5) is 13.2 Å². The Morgan fingerprint density at radius 2 is 1.86 bits per heavy atom. The summed E-state index contributed by atoms with van der Waals surface area (Å²) in [5, 5.41) is 0. The van der Waals surface area contributed by atoms with Crippen LogP contribution < -0.4 is 9.47 Å². The molecule has 0 amide bonds. The van der Waals surface area contributed by atoms with Gasteiger partial charge in [-0.25, -0.2) is 4.79 Å². The van der Waals surface area contributed by atoms with E-state index < -0.39 is 18.8 Å². The average Bonchev–Trinajstić information content (AvgIpc) is 3.15. The topological polar surface area (TPSA) is 44.8 Å². The first-order valence-corrected chi connectivity index (χ1v) is 10.1. The van der Waals surface area contributed by atoms with Gasteiger partial charge in [-0.15, -0.1) is 0 Å². The number of hydrogen-bond acceptors (Lipinski definition) is 4. The smallest absolute Gasteiger partial charge is 0.422 e. The molecule has 0 N–H and O–H groups in total. The maximum atomic E-state index is 12.9. The van der Waals surface area contributed by atoms with Crippen LogP contribution in [-0.2, 0) is 16.0 Å². The van der Waals surface area contributed by atoms with Crippen molar-refractivity contribution in [3.05, 3.63) is 29.3 Å². The van der Waals surface area contributed by atoms with Gasteiger partial charge in [0.05, 0.1) is 19.3 Å². The van der Waals surface area contributed by atoms with Crippen LogP contribution in [0.1, 0.15) is 49.7 Å². The van der Waals surface area contributed by atoms with Gasteiger partial charge in [0.25, 0.3) is 0 Å². The minimum Gasteiger partial charge on any atom is -0.492 e. The van der Waals surface area contributed by atoms with Crippen molar-refractivity contribution < 1.29 is 32.2 Å². The van der Waals surface area contributed by atoms with Crippen molar-refractivity contribution in [1.29, 1.82) is 0 Å². The summed E-state index contributed by atoms with van der Waals surface area (Å²) >= 11 is 0. The lowest BCUT2D eigenvalue weighted by Crippen LogP contribution is -2.38. The number of carbonyl (C=O) groups is 1. The Morgan fingerprint density at radius 1 is 1.17 bits per heavy atom. The Morgan fingerprint density at radius 3 is 2.48 bits per heavy atom. The van der Waals surface area contributed by atoms with E-state index in [2.05, 4.69) is 0 Å². The van der Waals surface area contributed by atoms with E-state index >= 15 is 0 Å². The van der Waals surface area contributed by atoms with Crippen molar-refractivity contribution in [1.82, 2.24) is 0 Å². The number of rotatable bonds is 6. The molecule has 0 heterocycles. The molecular formula is C22H25F3O4. The van der Waals surface area contributed by atoms with Gasteiger partial charge in [0, 0.05) is 11.0 Å². The molecular weight excluding hydrogens is 385 g/mol. The fourth-order valence-corrected chi connectivity index (χ4v) is 4.90. The van der Waals surface area contributed by atoms with E-state index in [1.54, 1.807) is 12.1 Å². The number of allylic oxidation sites excluding steroid dienone is 1. The number of halogens is 3. The van der Waals surface area contributed by atoms with Gasteiger partial charge in [-0.3, -0.25) is 0 Å². The molecule has 1 aromatic carbocycles. The monoisotopic (exact) mass is 410 g/mol. The summed E-state index contributed by atoms with van der Waals surface area (Å²) in [6.07, 6.45) is 4.70. The molecule has 0 aromatic heterocycles. The summed E-state index contributed by atoms with van der Waals surface area (Å²) in [7, 11) is 1.36. The van der Waals surface area contributed by atoms with Crippen molar-refractivity contribution in [3.63, 3.8) is 0 Å². The normalized spacial score (nSPS) is 25.4. The van der Waals surface area contributed by atoms with Gasteiger partial charge < -0.3 is 14.2 Å². The number of benzene rings is 1. The van der Waals surface area contributed by atoms with Crippen LogP contribution in [0.25, 0.3) is 5.57 Å². The van der Waals surface area contributed by atoms with Crippen LogP contribution in [-0.4, -0.2) is 32.5 Å². The third kappa shape index (κ3) is 4.09. The number of alkyl halides is 3. The van der Waals surface area contributed by atoms with Crippen LogP contribution in [0.3, 0.4) is 0 Å². The van der Waals surface area contributed by atoms with E-state index in [9.17, 15) is 18.0 Å². The molecule has 3 saturated carbocycles. The summed E-state index contributed by atoms with van der Waals surface area (Å²) in [6, 6.07) is 3.12. The number of carbonyl (C=O) groups excluding carboxylic acids is 1. The van der Waals surface area contributed by atoms with Crippen LogP contribution in [0.15, 0.2) is 18.2 Å². The zero-order valence-electron chi connectivity index (χ0n) is 16.4. The number of esters is 1. The quantitative estimate of drug-likeness (QED) is 0.613. The Labute approximate surface area is 168 Å². The summed E-state index contributed by atoms with van der Waals surface area (Å²) in [4.78, 5) is 12.9. The van der Waals surface area contributed by atoms with E-state index in [0.29, 0.717) is 24.2 Å². The van der Waals surface area contributed by atoms with Crippen molar-refractivity contribution in [3.8, 4) is 11.5 Å². The molecule has 3 fully saturated rings. The van der Waals surface area contributed by atoms with Gasteiger partial charge in [0.2, 0.25) is 0 Å². The molecule has 4 nitrogen and oxygen atoms in total. The molecule has 5 rings (SSSR count). The molecule has 0 unspecified atom stereocenters.